The minimum absolute atomic E-state index is 0.0554. The second kappa shape index (κ2) is 11.4. The third-order valence-electron chi connectivity index (χ3n) is 2.93. The Morgan fingerprint density at radius 3 is 1.90 bits per heavy atom. The number of amides is 1. The van der Waals surface area contributed by atoms with Gasteiger partial charge in [0.1, 0.15) is 0 Å². The summed E-state index contributed by atoms with van der Waals surface area (Å²) in [4.78, 5) is 13.5. The van der Waals surface area contributed by atoms with Gasteiger partial charge < -0.3 is 10.0 Å². The molecule has 1 amide bonds. The van der Waals surface area contributed by atoms with Gasteiger partial charge in [0, 0.05) is 12.6 Å². The standard InChI is InChI=1S/C10H19NO2S.C4H10.C2H6/c1-6(2)7(3)11-5-8(12)4-9(14)10(11)13;1-4(2)3;1-2/h6-9,12,14H,4-5H2,1-3H3;4H,1-3H3;1-2H3. The van der Waals surface area contributed by atoms with Crippen LogP contribution in [-0.2, 0) is 4.79 Å². The molecule has 0 aromatic rings. The zero-order valence-electron chi connectivity index (χ0n) is 14.6. The van der Waals surface area contributed by atoms with Crippen LogP contribution >= 0.6 is 12.6 Å². The van der Waals surface area contributed by atoms with Crippen LogP contribution in [0.5, 0.6) is 0 Å². The first kappa shape index (κ1) is 22.1. The normalized spacial score (nSPS) is 23.8. The van der Waals surface area contributed by atoms with Crippen molar-refractivity contribution in [1.82, 2.24) is 4.90 Å². The smallest absolute Gasteiger partial charge is 0.235 e. The highest BCUT2D eigenvalue weighted by Gasteiger charge is 2.34. The van der Waals surface area contributed by atoms with Crippen molar-refractivity contribution in [1.29, 1.82) is 0 Å². The van der Waals surface area contributed by atoms with Crippen molar-refractivity contribution in [3.8, 4) is 0 Å². The molecule has 0 aromatic heterocycles. The van der Waals surface area contributed by atoms with Gasteiger partial charge in [0.15, 0.2) is 0 Å². The summed E-state index contributed by atoms with van der Waals surface area (Å²) in [5.74, 6) is 1.30. The molecule has 122 valence electrons. The fraction of sp³-hybridized carbons (Fsp3) is 0.938. The minimum Gasteiger partial charge on any atom is -0.391 e. The summed E-state index contributed by atoms with van der Waals surface area (Å²) in [5, 5.41) is 9.22. The highest BCUT2D eigenvalue weighted by atomic mass is 32.1. The number of piperidine rings is 1. The fourth-order valence-corrected chi connectivity index (χ4v) is 2.06. The van der Waals surface area contributed by atoms with Gasteiger partial charge in [-0.25, -0.2) is 0 Å². The molecular formula is C16H35NO2S. The Balaban J connectivity index is 0. The molecule has 20 heavy (non-hydrogen) atoms. The number of aliphatic hydroxyl groups excluding tert-OH is 1. The van der Waals surface area contributed by atoms with E-state index < -0.39 is 6.10 Å². The van der Waals surface area contributed by atoms with E-state index in [1.54, 1.807) is 4.90 Å². The van der Waals surface area contributed by atoms with Crippen molar-refractivity contribution >= 4 is 18.5 Å². The lowest BCUT2D eigenvalue weighted by Gasteiger charge is -2.39. The molecule has 0 radical (unpaired) electrons. The first-order valence-corrected chi connectivity index (χ1v) is 8.35. The van der Waals surface area contributed by atoms with Gasteiger partial charge in [-0.2, -0.15) is 12.6 Å². The highest BCUT2D eigenvalue weighted by molar-refractivity contribution is 7.81. The summed E-state index contributed by atoms with van der Waals surface area (Å²) < 4.78 is 0. The molecule has 1 N–H and O–H groups in total. The summed E-state index contributed by atoms with van der Waals surface area (Å²) in [7, 11) is 0. The molecule has 1 fully saturated rings. The SMILES string of the molecule is CC.CC(C)C.CC(C)C(C)N1CC(O)CC(S)C1=O. The predicted molar refractivity (Wildman–Crippen MR) is 91.3 cm³/mol. The van der Waals surface area contributed by atoms with Gasteiger partial charge >= 0.3 is 0 Å². The summed E-state index contributed by atoms with van der Waals surface area (Å²) in [6.45, 7) is 17.1. The van der Waals surface area contributed by atoms with E-state index in [4.69, 9.17) is 0 Å². The van der Waals surface area contributed by atoms with E-state index in [1.165, 1.54) is 0 Å². The van der Waals surface area contributed by atoms with E-state index in [1.807, 2.05) is 20.8 Å². The Kier molecular flexibility index (Phi) is 12.6. The molecule has 0 aromatic carbocycles. The van der Waals surface area contributed by atoms with Crippen LogP contribution in [0.1, 0.15) is 61.8 Å². The van der Waals surface area contributed by atoms with Gasteiger partial charge in [-0.05, 0) is 25.2 Å². The molecule has 0 bridgehead atoms. The van der Waals surface area contributed by atoms with Crippen LogP contribution in [0.15, 0.2) is 0 Å². The summed E-state index contributed by atoms with van der Waals surface area (Å²) in [6.07, 6.45) is 0.0555. The number of likely N-dealkylation sites (tertiary alicyclic amines) is 1. The van der Waals surface area contributed by atoms with E-state index in [0.717, 1.165) is 5.92 Å². The van der Waals surface area contributed by atoms with Gasteiger partial charge in [-0.1, -0.05) is 48.5 Å². The predicted octanol–water partition coefficient (Wildman–Crippen LogP) is 3.61. The molecule has 0 saturated carbocycles. The molecule has 1 aliphatic heterocycles. The number of β-amino-alcohol motifs (C(OH)–C–C–N with tert-alkyl or cyclic N) is 1. The molecule has 1 heterocycles. The topological polar surface area (TPSA) is 40.5 Å². The molecule has 3 unspecified atom stereocenters. The first-order valence-electron chi connectivity index (χ1n) is 7.83. The van der Waals surface area contributed by atoms with Gasteiger partial charge in [0.25, 0.3) is 0 Å². The van der Waals surface area contributed by atoms with E-state index in [-0.39, 0.29) is 17.2 Å². The molecule has 3 atom stereocenters. The van der Waals surface area contributed by atoms with Gasteiger partial charge in [-0.15, -0.1) is 0 Å². The van der Waals surface area contributed by atoms with E-state index in [2.05, 4.69) is 47.2 Å². The van der Waals surface area contributed by atoms with Gasteiger partial charge in [0.05, 0.1) is 11.4 Å². The van der Waals surface area contributed by atoms with Gasteiger partial charge in [0.2, 0.25) is 5.91 Å². The number of rotatable bonds is 2. The van der Waals surface area contributed by atoms with Crippen molar-refractivity contribution in [2.45, 2.75) is 79.2 Å². The Labute approximate surface area is 131 Å². The third kappa shape index (κ3) is 8.85. The van der Waals surface area contributed by atoms with Crippen LogP contribution in [0.4, 0.5) is 0 Å². The van der Waals surface area contributed by atoms with Crippen molar-refractivity contribution < 1.29 is 9.90 Å². The molecule has 1 aliphatic rings. The number of thiol groups is 1. The minimum atomic E-state index is -0.420. The molecule has 4 heteroatoms. The maximum atomic E-state index is 11.8. The zero-order valence-corrected chi connectivity index (χ0v) is 15.4. The zero-order chi connectivity index (χ0) is 16.5. The third-order valence-corrected chi connectivity index (χ3v) is 3.36. The second-order valence-corrected chi connectivity index (χ2v) is 6.74. The lowest BCUT2D eigenvalue weighted by molar-refractivity contribution is -0.139. The van der Waals surface area contributed by atoms with E-state index in [9.17, 15) is 9.90 Å². The second-order valence-electron chi connectivity index (χ2n) is 6.11. The highest BCUT2D eigenvalue weighted by Crippen LogP contribution is 2.21. The van der Waals surface area contributed by atoms with Crippen molar-refractivity contribution in [3.63, 3.8) is 0 Å². The number of carbonyl (C=O) groups is 1. The lowest BCUT2D eigenvalue weighted by Crippen LogP contribution is -2.53. The molecule has 1 saturated heterocycles. The van der Waals surface area contributed by atoms with Crippen LogP contribution in [0.2, 0.25) is 0 Å². The van der Waals surface area contributed by atoms with Crippen LogP contribution in [0, 0.1) is 11.8 Å². The number of hydrogen-bond acceptors (Lipinski definition) is 3. The Morgan fingerprint density at radius 2 is 1.55 bits per heavy atom. The maximum absolute atomic E-state index is 11.8. The quantitative estimate of drug-likeness (QED) is 0.765. The number of aliphatic hydroxyl groups is 1. The number of hydrogen-bond donors (Lipinski definition) is 2. The number of carbonyl (C=O) groups excluding carboxylic acids is 1. The maximum Gasteiger partial charge on any atom is 0.235 e. The van der Waals surface area contributed by atoms with Crippen molar-refractivity contribution in [2.75, 3.05) is 6.54 Å². The fourth-order valence-electron chi connectivity index (χ4n) is 1.67. The van der Waals surface area contributed by atoms with Crippen LogP contribution in [-0.4, -0.2) is 39.9 Å². The average molecular weight is 306 g/mol. The van der Waals surface area contributed by atoms with Crippen LogP contribution in [0.3, 0.4) is 0 Å². The molecule has 1 rings (SSSR count). The number of nitrogens with zero attached hydrogens (tertiary/aromatic N) is 1. The largest absolute Gasteiger partial charge is 0.391 e. The average Bonchev–Trinajstić information content (AvgIpc) is 2.34. The van der Waals surface area contributed by atoms with Crippen molar-refractivity contribution in [2.24, 2.45) is 11.8 Å². The molecular weight excluding hydrogens is 270 g/mol. The summed E-state index contributed by atoms with van der Waals surface area (Å²) >= 11 is 4.19. The monoisotopic (exact) mass is 305 g/mol. The molecule has 0 aliphatic carbocycles. The van der Waals surface area contributed by atoms with E-state index in [0.29, 0.717) is 18.9 Å². The molecule has 0 spiro atoms. The Morgan fingerprint density at radius 1 is 1.15 bits per heavy atom. The summed E-state index contributed by atoms with van der Waals surface area (Å²) in [5.41, 5.74) is 0. The van der Waals surface area contributed by atoms with Crippen LogP contribution < -0.4 is 0 Å². The lowest BCUT2D eigenvalue weighted by atomic mass is 9.99. The molecule has 3 nitrogen and oxygen atoms in total. The van der Waals surface area contributed by atoms with Crippen molar-refractivity contribution in [3.05, 3.63) is 0 Å². The summed E-state index contributed by atoms with van der Waals surface area (Å²) in [6, 6.07) is 0.173. The van der Waals surface area contributed by atoms with E-state index >= 15 is 0 Å². The van der Waals surface area contributed by atoms with Gasteiger partial charge in [-0.3, -0.25) is 4.79 Å². The Hall–Kier alpha value is -0.220. The first-order chi connectivity index (χ1) is 9.16. The Bertz CT molecular complexity index is 254. The van der Waals surface area contributed by atoms with Crippen LogP contribution in [0.25, 0.3) is 0 Å².